The zero-order valence-electron chi connectivity index (χ0n) is 18.0. The Morgan fingerprint density at radius 3 is 2.70 bits per heavy atom. The molecule has 0 saturated heterocycles. The van der Waals surface area contributed by atoms with Gasteiger partial charge in [-0.1, -0.05) is 48.2 Å². The number of hydrogen-bond donors (Lipinski definition) is 1. The standard InChI is InChI=1S/C26H21N3O2S2/c1-15-22(18-9-5-6-10-20(18)27-15)21(30)14-33-26-28-24-23(19(13-32-24)16-11-12-16)25(31)29(26)17-7-3-2-4-8-17/h2-10,13,16,27H,11-12,14H2,1H3. The van der Waals surface area contributed by atoms with Gasteiger partial charge in [0.15, 0.2) is 10.9 Å². The molecule has 0 amide bonds. The summed E-state index contributed by atoms with van der Waals surface area (Å²) in [7, 11) is 0. The van der Waals surface area contributed by atoms with Gasteiger partial charge in [0.25, 0.3) is 5.56 Å². The summed E-state index contributed by atoms with van der Waals surface area (Å²) in [5.41, 5.74) is 4.36. The minimum atomic E-state index is -0.0485. The first kappa shape index (κ1) is 20.4. The minimum Gasteiger partial charge on any atom is -0.358 e. The van der Waals surface area contributed by atoms with E-state index in [1.807, 2.05) is 61.5 Å². The molecule has 0 spiro atoms. The van der Waals surface area contributed by atoms with E-state index in [-0.39, 0.29) is 17.1 Å². The van der Waals surface area contributed by atoms with Crippen molar-refractivity contribution >= 4 is 50.0 Å². The Labute approximate surface area is 198 Å². The lowest BCUT2D eigenvalue weighted by Gasteiger charge is -2.12. The molecule has 1 aliphatic carbocycles. The predicted molar refractivity (Wildman–Crippen MR) is 135 cm³/mol. The van der Waals surface area contributed by atoms with Crippen molar-refractivity contribution in [1.82, 2.24) is 14.5 Å². The van der Waals surface area contributed by atoms with Crippen molar-refractivity contribution in [3.05, 3.63) is 87.2 Å². The predicted octanol–water partition coefficient (Wildman–Crippen LogP) is 6.09. The molecule has 3 heterocycles. The van der Waals surface area contributed by atoms with Crippen LogP contribution in [-0.4, -0.2) is 26.1 Å². The first-order valence-corrected chi connectivity index (χ1v) is 12.8. The minimum absolute atomic E-state index is 0.0220. The summed E-state index contributed by atoms with van der Waals surface area (Å²) in [5, 5.41) is 4.29. The second-order valence-corrected chi connectivity index (χ2v) is 10.2. The zero-order chi connectivity index (χ0) is 22.5. The average Bonchev–Trinajstić information content (AvgIpc) is 3.49. The van der Waals surface area contributed by atoms with Gasteiger partial charge < -0.3 is 4.98 Å². The molecule has 0 atom stereocenters. The van der Waals surface area contributed by atoms with Gasteiger partial charge in [-0.15, -0.1) is 11.3 Å². The summed E-state index contributed by atoms with van der Waals surface area (Å²) >= 11 is 2.85. The highest BCUT2D eigenvalue weighted by atomic mass is 32.2. The molecule has 7 heteroatoms. The van der Waals surface area contributed by atoms with Gasteiger partial charge in [-0.3, -0.25) is 14.2 Å². The van der Waals surface area contributed by atoms with Gasteiger partial charge in [-0.05, 0) is 54.8 Å². The monoisotopic (exact) mass is 471 g/mol. The van der Waals surface area contributed by atoms with Gasteiger partial charge in [-0.2, -0.15) is 0 Å². The van der Waals surface area contributed by atoms with E-state index in [9.17, 15) is 9.59 Å². The highest BCUT2D eigenvalue weighted by molar-refractivity contribution is 7.99. The molecule has 0 unspecified atom stereocenters. The maximum Gasteiger partial charge on any atom is 0.267 e. The summed E-state index contributed by atoms with van der Waals surface area (Å²) in [4.78, 5) is 35.9. The number of carbonyl (C=O) groups is 1. The summed E-state index contributed by atoms with van der Waals surface area (Å²) in [6, 6.07) is 17.4. The number of thioether (sulfide) groups is 1. The van der Waals surface area contributed by atoms with E-state index in [4.69, 9.17) is 4.98 Å². The maximum absolute atomic E-state index is 13.7. The number of ketones is 1. The fourth-order valence-electron chi connectivity index (χ4n) is 4.43. The smallest absolute Gasteiger partial charge is 0.267 e. The highest BCUT2D eigenvalue weighted by Gasteiger charge is 2.29. The number of aromatic nitrogens is 3. The average molecular weight is 472 g/mol. The number of aromatic amines is 1. The molecular formula is C26H21N3O2S2. The number of fused-ring (bicyclic) bond motifs is 2. The number of para-hydroxylation sites is 2. The van der Waals surface area contributed by atoms with Crippen LogP contribution < -0.4 is 5.56 Å². The molecule has 1 N–H and O–H groups in total. The van der Waals surface area contributed by atoms with E-state index in [1.54, 1.807) is 4.57 Å². The Bertz CT molecular complexity index is 1580. The summed E-state index contributed by atoms with van der Waals surface area (Å²) in [5.74, 6) is 0.699. The Kier molecular flexibility index (Phi) is 4.96. The van der Waals surface area contributed by atoms with Crippen LogP contribution in [0.25, 0.3) is 26.8 Å². The van der Waals surface area contributed by atoms with Crippen LogP contribution in [0.1, 0.15) is 40.4 Å². The molecule has 0 aliphatic heterocycles. The second-order valence-electron chi connectivity index (χ2n) is 8.40. The largest absolute Gasteiger partial charge is 0.358 e. The van der Waals surface area contributed by atoms with Crippen molar-refractivity contribution in [3.63, 3.8) is 0 Å². The molecule has 1 aliphatic rings. The first-order chi connectivity index (χ1) is 16.1. The van der Waals surface area contributed by atoms with Gasteiger partial charge in [0.05, 0.1) is 16.8 Å². The Hall–Kier alpha value is -3.16. The Balaban J connectivity index is 1.42. The van der Waals surface area contributed by atoms with Crippen LogP contribution in [-0.2, 0) is 0 Å². The number of H-pyrrole nitrogens is 1. The quantitative estimate of drug-likeness (QED) is 0.185. The van der Waals surface area contributed by atoms with E-state index in [0.29, 0.717) is 16.6 Å². The number of hydrogen-bond acceptors (Lipinski definition) is 5. The van der Waals surface area contributed by atoms with Crippen LogP contribution >= 0.6 is 23.1 Å². The van der Waals surface area contributed by atoms with Crippen LogP contribution in [0.2, 0.25) is 0 Å². The molecule has 6 rings (SSSR count). The number of thiophene rings is 1. The van der Waals surface area contributed by atoms with E-state index < -0.39 is 0 Å². The molecule has 0 bridgehead atoms. The van der Waals surface area contributed by atoms with Gasteiger partial charge in [0.1, 0.15) is 4.83 Å². The molecule has 1 saturated carbocycles. The number of Topliss-reactive ketones (excluding diaryl/α,β-unsaturated/α-hetero) is 1. The van der Waals surface area contributed by atoms with Crippen LogP contribution in [0.4, 0.5) is 0 Å². The summed E-state index contributed by atoms with van der Waals surface area (Å²) in [6.45, 7) is 1.92. The van der Waals surface area contributed by atoms with Crippen molar-refractivity contribution in [2.24, 2.45) is 0 Å². The number of benzene rings is 2. The van der Waals surface area contributed by atoms with E-state index in [1.165, 1.54) is 23.1 Å². The third-order valence-corrected chi connectivity index (χ3v) is 7.97. The van der Waals surface area contributed by atoms with Crippen molar-refractivity contribution in [2.75, 3.05) is 5.75 Å². The van der Waals surface area contributed by atoms with Crippen molar-refractivity contribution in [1.29, 1.82) is 0 Å². The van der Waals surface area contributed by atoms with Crippen LogP contribution in [0.5, 0.6) is 0 Å². The third-order valence-electron chi connectivity index (χ3n) is 6.14. The third kappa shape index (κ3) is 3.52. The molecule has 164 valence electrons. The van der Waals surface area contributed by atoms with E-state index in [2.05, 4.69) is 10.4 Å². The van der Waals surface area contributed by atoms with Crippen molar-refractivity contribution in [2.45, 2.75) is 30.8 Å². The SMILES string of the molecule is Cc1[nH]c2ccccc2c1C(=O)CSc1nc2scc(C3CC3)c2c(=O)n1-c1ccccc1. The lowest BCUT2D eigenvalue weighted by molar-refractivity contribution is 0.102. The fraction of sp³-hybridized carbons (Fsp3) is 0.192. The molecular weight excluding hydrogens is 450 g/mol. The summed E-state index contributed by atoms with van der Waals surface area (Å²) in [6.07, 6.45) is 2.26. The normalized spacial score (nSPS) is 13.7. The molecule has 5 aromatic rings. The van der Waals surface area contributed by atoms with Crippen molar-refractivity contribution in [3.8, 4) is 5.69 Å². The molecule has 33 heavy (non-hydrogen) atoms. The number of aryl methyl sites for hydroxylation is 1. The van der Waals surface area contributed by atoms with Crippen LogP contribution in [0, 0.1) is 6.92 Å². The second kappa shape index (κ2) is 8.01. The highest BCUT2D eigenvalue weighted by Crippen LogP contribution is 2.44. The van der Waals surface area contributed by atoms with Crippen LogP contribution in [0.3, 0.4) is 0 Å². The van der Waals surface area contributed by atoms with Gasteiger partial charge in [0, 0.05) is 22.2 Å². The number of nitrogens with one attached hydrogen (secondary N) is 1. The molecule has 2 aromatic carbocycles. The Morgan fingerprint density at radius 2 is 1.91 bits per heavy atom. The zero-order valence-corrected chi connectivity index (χ0v) is 19.6. The van der Waals surface area contributed by atoms with E-state index >= 15 is 0 Å². The summed E-state index contributed by atoms with van der Waals surface area (Å²) < 4.78 is 1.67. The van der Waals surface area contributed by atoms with Crippen LogP contribution in [0.15, 0.2) is 69.9 Å². The Morgan fingerprint density at radius 1 is 1.15 bits per heavy atom. The van der Waals surface area contributed by atoms with Gasteiger partial charge in [0.2, 0.25) is 0 Å². The molecule has 3 aromatic heterocycles. The lowest BCUT2D eigenvalue weighted by Crippen LogP contribution is -2.22. The molecule has 0 radical (unpaired) electrons. The topological polar surface area (TPSA) is 67.8 Å². The number of rotatable bonds is 6. The molecule has 1 fully saturated rings. The van der Waals surface area contributed by atoms with Gasteiger partial charge in [-0.25, -0.2) is 4.98 Å². The number of carbonyl (C=O) groups excluding carboxylic acids is 1. The molecule has 5 nitrogen and oxygen atoms in total. The van der Waals surface area contributed by atoms with Gasteiger partial charge >= 0.3 is 0 Å². The van der Waals surface area contributed by atoms with E-state index in [0.717, 1.165) is 50.9 Å². The maximum atomic E-state index is 13.7. The first-order valence-electron chi connectivity index (χ1n) is 10.9. The fourth-order valence-corrected chi connectivity index (χ4v) is 6.37. The van der Waals surface area contributed by atoms with Crippen molar-refractivity contribution < 1.29 is 4.79 Å². The number of nitrogens with zero attached hydrogens (tertiary/aromatic N) is 2. The lowest BCUT2D eigenvalue weighted by atomic mass is 10.1.